The number of hydrogen-bond acceptors (Lipinski definition) is 14. The number of nitrogens with one attached hydrogen (secondary N) is 4. The zero-order valence-electron chi connectivity index (χ0n) is 65.7. The highest BCUT2D eigenvalue weighted by molar-refractivity contribution is 5.81. The molecular weight excluding hydrogens is 1280 g/mol. The lowest BCUT2D eigenvalue weighted by atomic mass is 9.78. The molecule has 0 saturated carbocycles. The number of hydrogen-bond donors (Lipinski definition) is 4. The molecule has 0 unspecified atom stereocenters. The molecule has 22 heteroatoms. The van der Waals surface area contributed by atoms with Gasteiger partial charge in [0, 0.05) is 118 Å². The second-order valence-corrected chi connectivity index (χ2v) is 28.6. The van der Waals surface area contributed by atoms with Crippen molar-refractivity contribution in [3.63, 3.8) is 0 Å². The van der Waals surface area contributed by atoms with Crippen molar-refractivity contribution in [1.82, 2.24) is 60.6 Å². The summed E-state index contributed by atoms with van der Waals surface area (Å²) in [5, 5.41) is 44.2. The molecule has 4 aromatic carbocycles. The second kappa shape index (κ2) is 49.1. The van der Waals surface area contributed by atoms with Crippen LogP contribution in [0, 0.1) is 58.7 Å². The summed E-state index contributed by atoms with van der Waals surface area (Å²) in [6, 6.07) is 43.0. The first-order chi connectivity index (χ1) is 47.7. The van der Waals surface area contributed by atoms with Crippen LogP contribution in [-0.2, 0) is 65.5 Å². The first kappa shape index (κ1) is 92.4. The molecule has 6 amide bonds. The van der Waals surface area contributed by atoms with Gasteiger partial charge >= 0.3 is 0 Å². The van der Waals surface area contributed by atoms with Gasteiger partial charge in [-0.2, -0.15) is 10.5 Å². The molecule has 0 atom stereocenters. The molecule has 6 rings (SSSR count). The standard InChI is InChI=1S/C15H27N3O2.2C15H16.C13H23N3O2.C9H17N5O.C7H12N4O.C6H12O/c1-13(19)18(4)11-7-5-6-10-17-14(20)8-9-15(2,3)12-16;1-12-5-3-7-14(9-12)11-15-8-4-6-13(2)10-15;1-15(2,13-9-5-3-6-10-13)14-11-7-4-8-12-14;1-11(17)16(4)9-5-8-15-12(18)6-7-13(2,3)10-14;1-7(2)9(15)11-4-5-14-8(10-3)6-12-13-14;1-6(12)10(2)5-7-4-8-9-11(7)3;1-5(7)6(2,3)4/h5-11H2,1-4H3,(H,17,20);3-10H,11H2,1-2H3;3-12H,1-2H3;5-9H2,1-4H3,(H,15,18);6-7,10H,4-5H2,1-3H3,(H,11,15);4H,5H2,1-3H3;1-4H3. The van der Waals surface area contributed by atoms with E-state index in [9.17, 15) is 33.6 Å². The number of benzene rings is 4. The largest absolute Gasteiger partial charge is 0.372 e. The summed E-state index contributed by atoms with van der Waals surface area (Å²) in [6.07, 6.45) is 9.82. The van der Waals surface area contributed by atoms with Crippen molar-refractivity contribution in [3.05, 3.63) is 161 Å². The lowest BCUT2D eigenvalue weighted by Crippen LogP contribution is -2.31. The summed E-state index contributed by atoms with van der Waals surface area (Å²) in [7, 11) is 8.88. The summed E-state index contributed by atoms with van der Waals surface area (Å²) >= 11 is 0. The maximum absolute atomic E-state index is 11.6. The lowest BCUT2D eigenvalue weighted by Gasteiger charge is -2.25. The van der Waals surface area contributed by atoms with E-state index in [2.05, 4.69) is 191 Å². The average molecular weight is 1410 g/mol. The quantitative estimate of drug-likeness (QED) is 0.0349. The number of carbonyl (C=O) groups is 7. The maximum atomic E-state index is 11.6. The molecule has 0 saturated heterocycles. The molecule has 2 heterocycles. The highest BCUT2D eigenvalue weighted by Gasteiger charge is 2.23. The van der Waals surface area contributed by atoms with Crippen LogP contribution >= 0.6 is 0 Å². The van der Waals surface area contributed by atoms with E-state index < -0.39 is 10.8 Å². The van der Waals surface area contributed by atoms with Gasteiger partial charge in [-0.05, 0) is 116 Å². The molecule has 0 fully saturated rings. The predicted molar refractivity (Wildman–Crippen MR) is 409 cm³/mol. The number of carbonyl (C=O) groups excluding carboxylic acids is 7. The maximum Gasteiger partial charge on any atom is 0.222 e. The minimum absolute atomic E-state index is 0.00850. The number of aryl methyl sites for hydroxylation is 3. The van der Waals surface area contributed by atoms with Crippen molar-refractivity contribution in [2.75, 3.05) is 66.2 Å². The highest BCUT2D eigenvalue weighted by atomic mass is 16.2. The molecule has 560 valence electrons. The summed E-state index contributed by atoms with van der Waals surface area (Å²) in [4.78, 5) is 82.4. The van der Waals surface area contributed by atoms with Crippen LogP contribution < -0.4 is 21.3 Å². The van der Waals surface area contributed by atoms with Crippen LogP contribution in [0.5, 0.6) is 0 Å². The third-order valence-corrected chi connectivity index (χ3v) is 16.5. The van der Waals surface area contributed by atoms with Crippen molar-refractivity contribution in [3.8, 4) is 12.1 Å². The van der Waals surface area contributed by atoms with Crippen LogP contribution in [0.4, 0.5) is 5.82 Å². The number of rotatable bonds is 27. The van der Waals surface area contributed by atoms with Crippen LogP contribution in [-0.4, -0.2) is 147 Å². The highest BCUT2D eigenvalue weighted by Crippen LogP contribution is 2.31. The number of ketones is 1. The number of nitrogens with zero attached hydrogens (tertiary/aromatic N) is 11. The summed E-state index contributed by atoms with van der Waals surface area (Å²) in [6.45, 7) is 36.2. The minimum Gasteiger partial charge on any atom is -0.372 e. The van der Waals surface area contributed by atoms with Crippen LogP contribution in [0.15, 0.2) is 122 Å². The zero-order valence-corrected chi connectivity index (χ0v) is 65.7. The van der Waals surface area contributed by atoms with Gasteiger partial charge in [-0.3, -0.25) is 38.2 Å². The Morgan fingerprint density at radius 1 is 0.549 bits per heavy atom. The molecule has 22 nitrogen and oxygen atoms in total. The lowest BCUT2D eigenvalue weighted by molar-refractivity contribution is -0.128. The van der Waals surface area contributed by atoms with Gasteiger partial charge in [0.05, 0.1) is 54.1 Å². The van der Waals surface area contributed by atoms with Gasteiger partial charge in [0.25, 0.3) is 0 Å². The van der Waals surface area contributed by atoms with Crippen LogP contribution in [0.2, 0.25) is 0 Å². The van der Waals surface area contributed by atoms with E-state index in [-0.39, 0.29) is 58.0 Å². The molecular formula is C80H123N15O7. The van der Waals surface area contributed by atoms with Gasteiger partial charge in [0.15, 0.2) is 0 Å². The van der Waals surface area contributed by atoms with Gasteiger partial charge < -0.3 is 36.0 Å². The van der Waals surface area contributed by atoms with Gasteiger partial charge in [-0.1, -0.05) is 179 Å². The zero-order chi connectivity index (χ0) is 77.7. The monoisotopic (exact) mass is 1410 g/mol. The van der Waals surface area contributed by atoms with Crippen molar-refractivity contribution < 1.29 is 33.6 Å². The fourth-order valence-corrected chi connectivity index (χ4v) is 8.55. The van der Waals surface area contributed by atoms with E-state index in [1.54, 1.807) is 78.5 Å². The van der Waals surface area contributed by atoms with Gasteiger partial charge in [0.2, 0.25) is 35.4 Å². The first-order valence-corrected chi connectivity index (χ1v) is 35.1. The fraction of sp³-hybridized carbons (Fsp3) is 0.537. The molecule has 4 N–H and O–H groups in total. The fourth-order valence-electron chi connectivity index (χ4n) is 8.55. The topological polar surface area (TPSA) is 286 Å². The van der Waals surface area contributed by atoms with Crippen LogP contribution in [0.1, 0.15) is 194 Å². The number of amides is 6. The Balaban J connectivity index is 0.00000118. The number of nitriles is 2. The van der Waals surface area contributed by atoms with E-state index >= 15 is 0 Å². The number of unbranched alkanes of at least 4 members (excludes halogenated alkanes) is 2. The van der Waals surface area contributed by atoms with Crippen LogP contribution in [0.3, 0.4) is 0 Å². The smallest absolute Gasteiger partial charge is 0.222 e. The minimum atomic E-state index is -0.452. The Kier molecular flexibility index (Phi) is 44.5. The molecule has 0 radical (unpaired) electrons. The van der Waals surface area contributed by atoms with E-state index in [1.807, 2.05) is 69.4 Å². The van der Waals surface area contributed by atoms with Gasteiger partial charge in [0.1, 0.15) is 11.6 Å². The number of aromatic nitrogens is 6. The SMILES string of the molecule is CC(=O)C(C)(C)C.CC(=O)N(C)CCCCCNC(=O)CCC(C)(C)C#N.CC(=O)N(C)CCCNC(=O)CCC(C)(C)C#N.CC(=O)N(C)Cc1cnnn1C.CC(C)(c1ccccc1)c1ccccc1.CNc1cnnn1CCNC(=O)C(C)C.Cc1cccc(Cc2cccc(C)c2)c1. The second-order valence-electron chi connectivity index (χ2n) is 28.6. The van der Waals surface area contributed by atoms with Crippen molar-refractivity contribution in [1.29, 1.82) is 10.5 Å². The first-order valence-electron chi connectivity index (χ1n) is 35.1. The Bertz CT molecular complexity index is 3420. The van der Waals surface area contributed by atoms with Crippen molar-refractivity contribution in [2.45, 2.75) is 194 Å². The number of anilines is 1. The predicted octanol–water partition coefficient (Wildman–Crippen LogP) is 12.8. The Hall–Kier alpha value is -9.57. The molecule has 0 aliphatic heterocycles. The van der Waals surface area contributed by atoms with Crippen molar-refractivity contribution >= 4 is 47.0 Å². The third kappa shape index (κ3) is 42.5. The molecule has 2 aromatic heterocycles. The van der Waals surface area contributed by atoms with Crippen LogP contribution in [0.25, 0.3) is 0 Å². The van der Waals surface area contributed by atoms with E-state index in [4.69, 9.17) is 10.5 Å². The molecule has 102 heavy (non-hydrogen) atoms. The Morgan fingerprint density at radius 3 is 1.36 bits per heavy atom. The summed E-state index contributed by atoms with van der Waals surface area (Å²) < 4.78 is 3.36. The molecule has 0 spiro atoms. The van der Waals surface area contributed by atoms with E-state index in [1.165, 1.54) is 47.2 Å². The Morgan fingerprint density at radius 2 is 0.980 bits per heavy atom. The molecule has 0 aliphatic rings. The Labute approximate surface area is 611 Å². The normalized spacial score (nSPS) is 10.6. The van der Waals surface area contributed by atoms with Gasteiger partial charge in [-0.25, -0.2) is 4.68 Å². The molecule has 0 bridgehead atoms. The van der Waals surface area contributed by atoms with E-state index in [0.29, 0.717) is 65.0 Å². The van der Waals surface area contributed by atoms with Gasteiger partial charge in [-0.15, -0.1) is 10.2 Å². The number of Topliss-reactive ketones (excluding diaryl/α,β-unsaturated/α-hetero) is 1. The summed E-state index contributed by atoms with van der Waals surface area (Å²) in [5.41, 5.74) is 8.14. The summed E-state index contributed by atoms with van der Waals surface area (Å²) in [5.74, 6) is 1.27. The molecule has 0 aliphatic carbocycles. The average Bonchev–Trinajstić information content (AvgIpc) is 0.994. The van der Waals surface area contributed by atoms with E-state index in [0.717, 1.165) is 50.2 Å². The third-order valence-electron chi connectivity index (χ3n) is 16.5. The molecule has 6 aromatic rings. The van der Waals surface area contributed by atoms with Crippen molar-refractivity contribution in [2.24, 2.45) is 29.2 Å².